The van der Waals surface area contributed by atoms with Crippen LogP contribution in [0.1, 0.15) is 28.4 Å². The Morgan fingerprint density at radius 3 is 2.70 bits per heavy atom. The quantitative estimate of drug-likeness (QED) is 0.843. The molecule has 0 bridgehead atoms. The summed E-state index contributed by atoms with van der Waals surface area (Å²) in [6.07, 6.45) is 1.15. The van der Waals surface area contributed by atoms with Gasteiger partial charge in [0, 0.05) is 7.05 Å². The molecule has 1 N–H and O–H groups in total. The Hall–Kier alpha value is -2.35. The number of aryl methyl sites for hydroxylation is 2. The predicted molar refractivity (Wildman–Crippen MR) is 86.0 cm³/mol. The molecular weight excluding hydrogens is 318 g/mol. The molecule has 0 atom stereocenters. The van der Waals surface area contributed by atoms with Crippen LogP contribution in [-0.2, 0) is 14.8 Å². The molecule has 2 rings (SSSR count). The summed E-state index contributed by atoms with van der Waals surface area (Å²) in [6, 6.07) is 5.52. The molecule has 0 fully saturated rings. The minimum atomic E-state index is -3.97. The van der Waals surface area contributed by atoms with Crippen molar-refractivity contribution in [1.82, 2.24) is 10.2 Å². The van der Waals surface area contributed by atoms with Gasteiger partial charge < -0.3 is 4.74 Å². The second-order valence-electron chi connectivity index (χ2n) is 5.10. The summed E-state index contributed by atoms with van der Waals surface area (Å²) in [5.74, 6) is -0.728. The van der Waals surface area contributed by atoms with Gasteiger partial charge in [-0.05, 0) is 38.0 Å². The molecule has 0 saturated heterocycles. The van der Waals surface area contributed by atoms with Crippen LogP contribution in [0.15, 0.2) is 29.4 Å². The zero-order chi connectivity index (χ0) is 17.2. The van der Waals surface area contributed by atoms with Crippen LogP contribution in [0.4, 0.5) is 5.69 Å². The number of H-pyrrole nitrogens is 1. The lowest BCUT2D eigenvalue weighted by atomic mass is 10.1. The van der Waals surface area contributed by atoms with Crippen molar-refractivity contribution in [3.63, 3.8) is 0 Å². The molecule has 23 heavy (non-hydrogen) atoms. The molecule has 1 aromatic carbocycles. The van der Waals surface area contributed by atoms with Gasteiger partial charge in [0.25, 0.3) is 10.0 Å². The number of rotatable bonds is 5. The Bertz CT molecular complexity index is 827. The molecule has 0 saturated carbocycles. The van der Waals surface area contributed by atoms with Gasteiger partial charge in [0.05, 0.1) is 18.5 Å². The number of ether oxygens (including phenoxy) is 1. The van der Waals surface area contributed by atoms with E-state index >= 15 is 0 Å². The Balaban J connectivity index is 2.49. The SMILES string of the molecule is CCOC(=O)c1cn[nH]c1S(=O)(=O)N(C)c1cc(C)ccc1C. The molecule has 0 amide bonds. The first-order chi connectivity index (χ1) is 10.8. The van der Waals surface area contributed by atoms with Crippen LogP contribution in [0.5, 0.6) is 0 Å². The Labute approximate surface area is 135 Å². The Kier molecular flexibility index (Phi) is 4.74. The molecule has 2 aromatic rings. The third-order valence-electron chi connectivity index (χ3n) is 3.42. The standard InChI is InChI=1S/C15H19N3O4S/c1-5-22-15(19)12-9-16-17-14(12)23(20,21)18(4)13-8-10(2)6-7-11(13)3/h6-9H,5H2,1-4H3,(H,16,17). The molecule has 8 heteroatoms. The first-order valence-corrected chi connectivity index (χ1v) is 8.49. The number of sulfonamides is 1. The van der Waals surface area contributed by atoms with Gasteiger partial charge in [-0.2, -0.15) is 13.5 Å². The minimum absolute atomic E-state index is 0.107. The van der Waals surface area contributed by atoms with Gasteiger partial charge in [0.1, 0.15) is 5.56 Å². The molecule has 1 heterocycles. The van der Waals surface area contributed by atoms with Gasteiger partial charge in [-0.25, -0.2) is 4.79 Å². The zero-order valence-corrected chi connectivity index (χ0v) is 14.3. The molecule has 0 aliphatic rings. The first kappa shape index (κ1) is 17.0. The van der Waals surface area contributed by atoms with Crippen LogP contribution in [0, 0.1) is 13.8 Å². The highest BCUT2D eigenvalue weighted by Crippen LogP contribution is 2.27. The highest BCUT2D eigenvalue weighted by molar-refractivity contribution is 7.92. The van der Waals surface area contributed by atoms with Crippen molar-refractivity contribution in [3.05, 3.63) is 41.1 Å². The van der Waals surface area contributed by atoms with E-state index in [0.717, 1.165) is 21.6 Å². The van der Waals surface area contributed by atoms with Crippen LogP contribution < -0.4 is 4.31 Å². The predicted octanol–water partition coefficient (Wildman–Crippen LogP) is 2.03. The second-order valence-corrected chi connectivity index (χ2v) is 7.00. The van der Waals surface area contributed by atoms with Crippen molar-refractivity contribution in [2.45, 2.75) is 25.8 Å². The Morgan fingerprint density at radius 2 is 2.04 bits per heavy atom. The lowest BCUT2D eigenvalue weighted by Gasteiger charge is -2.21. The molecule has 1 aromatic heterocycles. The third-order valence-corrected chi connectivity index (χ3v) is 5.17. The third kappa shape index (κ3) is 3.21. The van der Waals surface area contributed by atoms with Crippen LogP contribution in [0.3, 0.4) is 0 Å². The van der Waals surface area contributed by atoms with Crippen molar-refractivity contribution in [3.8, 4) is 0 Å². The fraction of sp³-hybridized carbons (Fsp3) is 0.333. The number of carbonyl (C=O) groups excluding carboxylic acids is 1. The maximum Gasteiger partial charge on any atom is 0.342 e. The molecule has 124 valence electrons. The molecule has 0 aliphatic carbocycles. The van der Waals surface area contributed by atoms with Gasteiger partial charge in [0.15, 0.2) is 5.03 Å². The number of hydrogen-bond acceptors (Lipinski definition) is 5. The van der Waals surface area contributed by atoms with E-state index in [-0.39, 0.29) is 17.2 Å². The summed E-state index contributed by atoms with van der Waals surface area (Å²) < 4.78 is 31.7. The lowest BCUT2D eigenvalue weighted by Crippen LogP contribution is -2.29. The van der Waals surface area contributed by atoms with E-state index < -0.39 is 16.0 Å². The van der Waals surface area contributed by atoms with Gasteiger partial charge in [-0.15, -0.1) is 0 Å². The molecule has 0 unspecified atom stereocenters. The largest absolute Gasteiger partial charge is 0.462 e. The highest BCUT2D eigenvalue weighted by atomic mass is 32.2. The highest BCUT2D eigenvalue weighted by Gasteiger charge is 2.30. The Morgan fingerprint density at radius 1 is 1.35 bits per heavy atom. The molecular formula is C15H19N3O4S. The minimum Gasteiger partial charge on any atom is -0.462 e. The van der Waals surface area contributed by atoms with E-state index in [1.165, 1.54) is 7.05 Å². The summed E-state index contributed by atoms with van der Waals surface area (Å²) in [5, 5.41) is 5.79. The number of benzene rings is 1. The number of carbonyl (C=O) groups is 1. The van der Waals surface area contributed by atoms with Crippen molar-refractivity contribution in [1.29, 1.82) is 0 Å². The van der Waals surface area contributed by atoms with E-state index in [2.05, 4.69) is 10.2 Å². The molecule has 0 spiro atoms. The van der Waals surface area contributed by atoms with E-state index in [1.54, 1.807) is 13.0 Å². The van der Waals surface area contributed by atoms with Crippen LogP contribution in [-0.4, -0.2) is 38.2 Å². The summed E-state index contributed by atoms with van der Waals surface area (Å²) in [7, 11) is -2.53. The number of hydrogen-bond donors (Lipinski definition) is 1. The lowest BCUT2D eigenvalue weighted by molar-refractivity contribution is 0.0522. The number of anilines is 1. The molecule has 7 nitrogen and oxygen atoms in total. The number of aromatic amines is 1. The van der Waals surface area contributed by atoms with Crippen LogP contribution >= 0.6 is 0 Å². The number of nitrogens with one attached hydrogen (secondary N) is 1. The average Bonchev–Trinajstić information content (AvgIpc) is 2.99. The van der Waals surface area contributed by atoms with Gasteiger partial charge in [-0.1, -0.05) is 12.1 Å². The van der Waals surface area contributed by atoms with Gasteiger partial charge in [0.2, 0.25) is 0 Å². The maximum absolute atomic E-state index is 12.8. The summed E-state index contributed by atoms with van der Waals surface area (Å²) in [4.78, 5) is 11.9. The normalized spacial score (nSPS) is 11.3. The summed E-state index contributed by atoms with van der Waals surface area (Å²) >= 11 is 0. The van der Waals surface area contributed by atoms with Crippen LogP contribution in [0.25, 0.3) is 0 Å². The summed E-state index contributed by atoms with van der Waals surface area (Å²) in [6.45, 7) is 5.49. The number of esters is 1. The monoisotopic (exact) mass is 337 g/mol. The fourth-order valence-electron chi connectivity index (χ4n) is 2.15. The van der Waals surface area contributed by atoms with Crippen LogP contribution in [0.2, 0.25) is 0 Å². The van der Waals surface area contributed by atoms with E-state index in [0.29, 0.717) is 5.69 Å². The average molecular weight is 337 g/mol. The van der Waals surface area contributed by atoms with Crippen molar-refractivity contribution >= 4 is 21.7 Å². The second kappa shape index (κ2) is 6.41. The van der Waals surface area contributed by atoms with E-state index in [9.17, 15) is 13.2 Å². The van der Waals surface area contributed by atoms with E-state index in [1.807, 2.05) is 26.0 Å². The van der Waals surface area contributed by atoms with Crippen molar-refractivity contribution in [2.24, 2.45) is 0 Å². The topological polar surface area (TPSA) is 92.4 Å². The van der Waals surface area contributed by atoms with E-state index in [4.69, 9.17) is 4.74 Å². The first-order valence-electron chi connectivity index (χ1n) is 7.05. The van der Waals surface area contributed by atoms with Gasteiger partial charge in [-0.3, -0.25) is 9.40 Å². The fourth-order valence-corrected chi connectivity index (χ4v) is 3.46. The molecule has 0 radical (unpaired) electrons. The number of aromatic nitrogens is 2. The van der Waals surface area contributed by atoms with Crippen molar-refractivity contribution < 1.29 is 17.9 Å². The van der Waals surface area contributed by atoms with Gasteiger partial charge >= 0.3 is 5.97 Å². The summed E-state index contributed by atoms with van der Waals surface area (Å²) in [5.41, 5.74) is 2.17. The molecule has 0 aliphatic heterocycles. The smallest absolute Gasteiger partial charge is 0.342 e. The van der Waals surface area contributed by atoms with Crippen molar-refractivity contribution in [2.75, 3.05) is 18.0 Å². The number of nitrogens with zero attached hydrogens (tertiary/aromatic N) is 2. The zero-order valence-electron chi connectivity index (χ0n) is 13.5. The maximum atomic E-state index is 12.8.